The summed E-state index contributed by atoms with van der Waals surface area (Å²) in [5, 5.41) is 0. The van der Waals surface area contributed by atoms with Crippen LogP contribution in [0.3, 0.4) is 0 Å². The number of thiol groups is 1. The maximum absolute atomic E-state index is 4.43. The lowest BCUT2D eigenvalue weighted by Crippen LogP contribution is -2.40. The van der Waals surface area contributed by atoms with Gasteiger partial charge in [0.15, 0.2) is 0 Å². The molecule has 0 unspecified atom stereocenters. The van der Waals surface area contributed by atoms with Crippen molar-refractivity contribution in [3.63, 3.8) is 0 Å². The van der Waals surface area contributed by atoms with Crippen LogP contribution in [0.2, 0.25) is 0 Å². The first kappa shape index (κ1) is 15.3. The SMILES string of the molecule is CCCCCN(CC(C)(C)CS)C(C)C. The second kappa shape index (κ2) is 7.56. The van der Waals surface area contributed by atoms with E-state index in [1.54, 1.807) is 0 Å². The summed E-state index contributed by atoms with van der Waals surface area (Å²) in [6, 6.07) is 0.654. The molecule has 0 fully saturated rings. The summed E-state index contributed by atoms with van der Waals surface area (Å²) < 4.78 is 0. The zero-order valence-corrected chi connectivity index (χ0v) is 12.1. The fraction of sp³-hybridized carbons (Fsp3) is 1.00. The minimum Gasteiger partial charge on any atom is -0.300 e. The van der Waals surface area contributed by atoms with Gasteiger partial charge in [-0.05, 0) is 38.0 Å². The molecule has 0 atom stereocenters. The van der Waals surface area contributed by atoms with Crippen LogP contribution in [0.15, 0.2) is 0 Å². The summed E-state index contributed by atoms with van der Waals surface area (Å²) in [6.07, 6.45) is 3.99. The van der Waals surface area contributed by atoms with E-state index in [2.05, 4.69) is 52.1 Å². The molecule has 0 N–H and O–H groups in total. The van der Waals surface area contributed by atoms with Gasteiger partial charge in [-0.1, -0.05) is 33.6 Å². The Kier molecular flexibility index (Phi) is 7.72. The highest BCUT2D eigenvalue weighted by molar-refractivity contribution is 7.80. The van der Waals surface area contributed by atoms with Crippen molar-refractivity contribution in [1.29, 1.82) is 0 Å². The van der Waals surface area contributed by atoms with Crippen LogP contribution in [0, 0.1) is 5.41 Å². The molecule has 0 radical (unpaired) electrons. The Hall–Kier alpha value is 0.310. The van der Waals surface area contributed by atoms with Crippen molar-refractivity contribution in [3.8, 4) is 0 Å². The Balaban J connectivity index is 4.04. The number of hydrogen-bond acceptors (Lipinski definition) is 2. The largest absolute Gasteiger partial charge is 0.300 e. The van der Waals surface area contributed by atoms with Crippen LogP contribution in [-0.4, -0.2) is 29.8 Å². The Morgan fingerprint density at radius 1 is 1.20 bits per heavy atom. The van der Waals surface area contributed by atoms with Gasteiger partial charge in [0, 0.05) is 12.6 Å². The van der Waals surface area contributed by atoms with Crippen LogP contribution in [0.5, 0.6) is 0 Å². The molecule has 1 nitrogen and oxygen atoms in total. The number of nitrogens with zero attached hydrogens (tertiary/aromatic N) is 1. The van der Waals surface area contributed by atoms with Crippen molar-refractivity contribution >= 4 is 12.6 Å². The molecule has 0 aromatic rings. The normalized spacial score (nSPS) is 12.8. The van der Waals surface area contributed by atoms with Crippen LogP contribution in [0.25, 0.3) is 0 Å². The fourth-order valence-corrected chi connectivity index (χ4v) is 1.78. The lowest BCUT2D eigenvalue weighted by atomic mass is 9.95. The molecule has 15 heavy (non-hydrogen) atoms. The first-order valence-corrected chi connectivity index (χ1v) is 6.91. The van der Waals surface area contributed by atoms with Gasteiger partial charge in [0.05, 0.1) is 0 Å². The molecule has 0 aliphatic carbocycles. The quantitative estimate of drug-likeness (QED) is 0.491. The fourth-order valence-electron chi connectivity index (χ4n) is 1.68. The highest BCUT2D eigenvalue weighted by atomic mass is 32.1. The lowest BCUT2D eigenvalue weighted by Gasteiger charge is -2.34. The number of unbranched alkanes of at least 4 members (excludes halogenated alkanes) is 2. The molecule has 0 aromatic heterocycles. The van der Waals surface area contributed by atoms with E-state index in [-0.39, 0.29) is 0 Å². The van der Waals surface area contributed by atoms with Gasteiger partial charge in [0.1, 0.15) is 0 Å². The van der Waals surface area contributed by atoms with E-state index in [0.29, 0.717) is 11.5 Å². The summed E-state index contributed by atoms with van der Waals surface area (Å²) in [4.78, 5) is 2.59. The van der Waals surface area contributed by atoms with Gasteiger partial charge in [-0.15, -0.1) is 0 Å². The number of hydrogen-bond donors (Lipinski definition) is 1. The predicted octanol–water partition coefficient (Wildman–Crippen LogP) is 3.84. The molecule has 0 aromatic carbocycles. The van der Waals surface area contributed by atoms with Crippen LogP contribution >= 0.6 is 12.6 Å². The summed E-state index contributed by atoms with van der Waals surface area (Å²) in [5.74, 6) is 0.962. The maximum atomic E-state index is 4.43. The van der Waals surface area contributed by atoms with E-state index < -0.39 is 0 Å². The molecule has 92 valence electrons. The molecule has 0 saturated carbocycles. The minimum absolute atomic E-state index is 0.333. The third-order valence-corrected chi connectivity index (χ3v) is 3.69. The standard InChI is InChI=1S/C13H29NS/c1-6-7-8-9-14(12(2)3)10-13(4,5)11-15/h12,15H,6-11H2,1-5H3. The molecule has 0 aliphatic heterocycles. The monoisotopic (exact) mass is 231 g/mol. The molecule has 0 aliphatic rings. The average Bonchev–Trinajstić information content (AvgIpc) is 2.16. The lowest BCUT2D eigenvalue weighted by molar-refractivity contribution is 0.155. The first-order chi connectivity index (χ1) is 6.93. The molecule has 0 spiro atoms. The first-order valence-electron chi connectivity index (χ1n) is 6.28. The van der Waals surface area contributed by atoms with Crippen LogP contribution in [0.4, 0.5) is 0 Å². The van der Waals surface area contributed by atoms with Crippen molar-refractivity contribution in [2.24, 2.45) is 5.41 Å². The molecule has 2 heteroatoms. The topological polar surface area (TPSA) is 3.24 Å². The zero-order valence-electron chi connectivity index (χ0n) is 11.2. The second-order valence-corrected chi connectivity index (χ2v) is 5.91. The summed E-state index contributed by atoms with van der Waals surface area (Å²) in [5.41, 5.74) is 0.333. The number of rotatable bonds is 8. The molecule has 0 bridgehead atoms. The van der Waals surface area contributed by atoms with Crippen LogP contribution < -0.4 is 0 Å². The summed E-state index contributed by atoms with van der Waals surface area (Å²) >= 11 is 4.43. The molecule has 0 heterocycles. The predicted molar refractivity (Wildman–Crippen MR) is 73.9 cm³/mol. The van der Waals surface area contributed by atoms with Gasteiger partial charge >= 0.3 is 0 Å². The van der Waals surface area contributed by atoms with Crippen molar-refractivity contribution in [1.82, 2.24) is 4.90 Å². The molecular formula is C13H29NS. The Bertz CT molecular complexity index is 155. The summed E-state index contributed by atoms with van der Waals surface area (Å²) in [7, 11) is 0. The molecule has 0 saturated heterocycles. The zero-order chi connectivity index (χ0) is 11.9. The highest BCUT2D eigenvalue weighted by Crippen LogP contribution is 2.20. The third kappa shape index (κ3) is 7.24. The van der Waals surface area contributed by atoms with E-state index in [9.17, 15) is 0 Å². The van der Waals surface area contributed by atoms with Gasteiger partial charge in [-0.25, -0.2) is 0 Å². The van der Waals surface area contributed by atoms with Gasteiger partial charge in [-0.2, -0.15) is 12.6 Å². The van der Waals surface area contributed by atoms with Crippen LogP contribution in [-0.2, 0) is 0 Å². The highest BCUT2D eigenvalue weighted by Gasteiger charge is 2.21. The van der Waals surface area contributed by atoms with Crippen molar-refractivity contribution in [2.45, 2.75) is 59.9 Å². The Morgan fingerprint density at radius 2 is 1.80 bits per heavy atom. The molecule has 0 rings (SSSR count). The van der Waals surface area contributed by atoms with Gasteiger partial charge in [0.2, 0.25) is 0 Å². The Morgan fingerprint density at radius 3 is 2.20 bits per heavy atom. The van der Waals surface area contributed by atoms with Gasteiger partial charge < -0.3 is 4.90 Å². The third-order valence-electron chi connectivity index (χ3n) is 2.84. The van der Waals surface area contributed by atoms with E-state index in [4.69, 9.17) is 0 Å². The Labute approximate surface area is 102 Å². The van der Waals surface area contributed by atoms with E-state index in [1.165, 1.54) is 25.8 Å². The van der Waals surface area contributed by atoms with Crippen molar-refractivity contribution in [3.05, 3.63) is 0 Å². The van der Waals surface area contributed by atoms with E-state index >= 15 is 0 Å². The minimum atomic E-state index is 0.333. The van der Waals surface area contributed by atoms with Crippen molar-refractivity contribution in [2.75, 3.05) is 18.8 Å². The van der Waals surface area contributed by atoms with Crippen molar-refractivity contribution < 1.29 is 0 Å². The van der Waals surface area contributed by atoms with E-state index in [1.807, 2.05) is 0 Å². The smallest absolute Gasteiger partial charge is 0.00432 e. The van der Waals surface area contributed by atoms with Gasteiger partial charge in [-0.3, -0.25) is 0 Å². The summed E-state index contributed by atoms with van der Waals surface area (Å²) in [6.45, 7) is 13.9. The van der Waals surface area contributed by atoms with E-state index in [0.717, 1.165) is 12.3 Å². The van der Waals surface area contributed by atoms with Gasteiger partial charge in [0.25, 0.3) is 0 Å². The average molecular weight is 231 g/mol. The molecular weight excluding hydrogens is 202 g/mol. The second-order valence-electron chi connectivity index (χ2n) is 5.59. The molecule has 0 amide bonds. The maximum Gasteiger partial charge on any atom is 0.00432 e. The van der Waals surface area contributed by atoms with Crippen LogP contribution in [0.1, 0.15) is 53.9 Å².